The summed E-state index contributed by atoms with van der Waals surface area (Å²) in [4.78, 5) is 12.1. The Morgan fingerprint density at radius 2 is 1.87 bits per heavy atom. The maximum Gasteiger partial charge on any atom is 0.409 e. The number of hydrogen-bond acceptors (Lipinski definition) is 4. The second-order valence-corrected chi connectivity index (χ2v) is 6.78. The first-order valence-electron chi connectivity index (χ1n) is 7.23. The predicted molar refractivity (Wildman–Crippen MR) is 78.3 cm³/mol. The van der Waals surface area contributed by atoms with Crippen LogP contribution in [0.1, 0.15) is 19.8 Å². The molecule has 1 heterocycles. The van der Waals surface area contributed by atoms with E-state index >= 15 is 0 Å². The summed E-state index contributed by atoms with van der Waals surface area (Å²) in [6, 6.07) is 2.38. The van der Waals surface area contributed by atoms with Crippen molar-refractivity contribution in [1.82, 2.24) is 9.62 Å². The van der Waals surface area contributed by atoms with Crippen molar-refractivity contribution < 1.29 is 26.7 Å². The van der Waals surface area contributed by atoms with Gasteiger partial charge in [-0.1, -0.05) is 6.07 Å². The molecular formula is C14H18F2N2O4S. The number of nitrogens with zero attached hydrogens (tertiary/aromatic N) is 1. The molecule has 0 spiro atoms. The van der Waals surface area contributed by atoms with Crippen molar-refractivity contribution in [2.45, 2.75) is 30.7 Å². The van der Waals surface area contributed by atoms with Gasteiger partial charge >= 0.3 is 6.09 Å². The van der Waals surface area contributed by atoms with Gasteiger partial charge in [0.15, 0.2) is 4.90 Å². The van der Waals surface area contributed by atoms with E-state index in [-0.39, 0.29) is 6.61 Å². The van der Waals surface area contributed by atoms with Gasteiger partial charge in [-0.05, 0) is 31.9 Å². The highest BCUT2D eigenvalue weighted by atomic mass is 32.2. The standard InChI is InChI=1S/C14H18F2N2O4S/c1-2-22-14(19)18-8-6-10(7-9-18)17-23(20,21)13-11(15)4-3-5-12(13)16/h3-5,10,17H,2,6-9H2,1H3. The van der Waals surface area contributed by atoms with Crippen molar-refractivity contribution >= 4 is 16.1 Å². The molecule has 0 radical (unpaired) electrons. The van der Waals surface area contributed by atoms with Crippen molar-refractivity contribution in [2.75, 3.05) is 19.7 Å². The van der Waals surface area contributed by atoms with E-state index in [0.717, 1.165) is 18.2 Å². The van der Waals surface area contributed by atoms with Gasteiger partial charge in [-0.2, -0.15) is 0 Å². The number of halogens is 2. The lowest BCUT2D eigenvalue weighted by molar-refractivity contribution is 0.0966. The van der Waals surface area contributed by atoms with Gasteiger partial charge in [-0.3, -0.25) is 0 Å². The smallest absolute Gasteiger partial charge is 0.409 e. The SMILES string of the molecule is CCOC(=O)N1CCC(NS(=O)(=O)c2c(F)cccc2F)CC1. The topological polar surface area (TPSA) is 75.7 Å². The molecule has 2 rings (SSSR count). The van der Waals surface area contributed by atoms with E-state index in [2.05, 4.69) is 4.72 Å². The highest BCUT2D eigenvalue weighted by molar-refractivity contribution is 7.89. The Balaban J connectivity index is 2.02. The van der Waals surface area contributed by atoms with Crippen LogP contribution in [-0.2, 0) is 14.8 Å². The molecule has 9 heteroatoms. The molecule has 128 valence electrons. The fourth-order valence-electron chi connectivity index (χ4n) is 2.41. The van der Waals surface area contributed by atoms with Crippen LogP contribution in [0, 0.1) is 11.6 Å². The number of piperidine rings is 1. The molecule has 1 aliphatic rings. The quantitative estimate of drug-likeness (QED) is 0.901. The Morgan fingerprint density at radius 3 is 2.39 bits per heavy atom. The summed E-state index contributed by atoms with van der Waals surface area (Å²) in [6.45, 7) is 2.58. The van der Waals surface area contributed by atoms with Crippen LogP contribution in [0.15, 0.2) is 23.1 Å². The van der Waals surface area contributed by atoms with Gasteiger partial charge in [0, 0.05) is 19.1 Å². The van der Waals surface area contributed by atoms with Gasteiger partial charge < -0.3 is 9.64 Å². The number of nitrogens with one attached hydrogen (secondary N) is 1. The molecule has 0 bridgehead atoms. The number of likely N-dealkylation sites (tertiary alicyclic amines) is 1. The van der Waals surface area contributed by atoms with Gasteiger partial charge in [-0.25, -0.2) is 26.7 Å². The molecule has 0 aliphatic carbocycles. The van der Waals surface area contributed by atoms with Crippen molar-refractivity contribution in [2.24, 2.45) is 0 Å². The first-order valence-corrected chi connectivity index (χ1v) is 8.71. The second kappa shape index (κ2) is 7.22. The molecule has 23 heavy (non-hydrogen) atoms. The lowest BCUT2D eigenvalue weighted by atomic mass is 10.1. The van der Waals surface area contributed by atoms with Gasteiger partial charge in [0.05, 0.1) is 6.61 Å². The minimum Gasteiger partial charge on any atom is -0.450 e. The number of carbonyl (C=O) groups is 1. The van der Waals surface area contributed by atoms with E-state index in [9.17, 15) is 22.0 Å². The van der Waals surface area contributed by atoms with E-state index in [0.29, 0.717) is 25.9 Å². The number of rotatable bonds is 4. The maximum absolute atomic E-state index is 13.6. The first-order chi connectivity index (χ1) is 10.8. The minimum absolute atomic E-state index is 0.262. The zero-order valence-corrected chi connectivity index (χ0v) is 13.4. The van der Waals surface area contributed by atoms with E-state index in [4.69, 9.17) is 4.74 Å². The molecule has 0 atom stereocenters. The van der Waals surface area contributed by atoms with Crippen molar-refractivity contribution in [3.8, 4) is 0 Å². The molecule has 1 fully saturated rings. The number of ether oxygens (including phenoxy) is 1. The number of hydrogen-bond donors (Lipinski definition) is 1. The van der Waals surface area contributed by atoms with Crippen molar-refractivity contribution in [1.29, 1.82) is 0 Å². The number of benzene rings is 1. The minimum atomic E-state index is -4.30. The summed E-state index contributed by atoms with van der Waals surface area (Å²) < 4.78 is 58.7. The monoisotopic (exact) mass is 348 g/mol. The Morgan fingerprint density at radius 1 is 1.30 bits per heavy atom. The molecule has 1 N–H and O–H groups in total. The predicted octanol–water partition coefficient (Wildman–Crippen LogP) is 1.86. The normalized spacial score (nSPS) is 16.4. The number of amides is 1. The lowest BCUT2D eigenvalue weighted by Crippen LogP contribution is -2.46. The zero-order valence-electron chi connectivity index (χ0n) is 12.6. The highest BCUT2D eigenvalue weighted by Crippen LogP contribution is 2.20. The van der Waals surface area contributed by atoms with E-state index < -0.39 is 38.7 Å². The van der Waals surface area contributed by atoms with Crippen LogP contribution < -0.4 is 4.72 Å². The molecule has 0 unspecified atom stereocenters. The van der Waals surface area contributed by atoms with Crippen LogP contribution in [0.4, 0.5) is 13.6 Å². The highest BCUT2D eigenvalue weighted by Gasteiger charge is 2.30. The lowest BCUT2D eigenvalue weighted by Gasteiger charge is -2.31. The fraction of sp³-hybridized carbons (Fsp3) is 0.500. The molecule has 0 aromatic heterocycles. The first kappa shape index (κ1) is 17.6. The molecule has 1 aliphatic heterocycles. The van der Waals surface area contributed by atoms with E-state index in [1.807, 2.05) is 0 Å². The Kier molecular flexibility index (Phi) is 5.53. The van der Waals surface area contributed by atoms with Crippen LogP contribution in [0.5, 0.6) is 0 Å². The zero-order chi connectivity index (χ0) is 17.0. The third-order valence-corrected chi connectivity index (χ3v) is 5.10. The summed E-state index contributed by atoms with van der Waals surface area (Å²) in [5.74, 6) is -2.28. The molecule has 1 amide bonds. The molecule has 1 aromatic rings. The summed E-state index contributed by atoms with van der Waals surface area (Å²) in [5.41, 5.74) is 0. The maximum atomic E-state index is 13.6. The summed E-state index contributed by atoms with van der Waals surface area (Å²) in [7, 11) is -4.30. The largest absolute Gasteiger partial charge is 0.450 e. The van der Waals surface area contributed by atoms with Crippen molar-refractivity contribution in [3.63, 3.8) is 0 Å². The fourth-order valence-corrected chi connectivity index (χ4v) is 3.85. The van der Waals surface area contributed by atoms with Crippen LogP contribution in [0.3, 0.4) is 0 Å². The molecular weight excluding hydrogens is 330 g/mol. The average molecular weight is 348 g/mol. The Bertz CT molecular complexity index is 653. The van der Waals surface area contributed by atoms with E-state index in [1.165, 1.54) is 4.90 Å². The number of sulfonamides is 1. The Labute approximate surface area is 133 Å². The van der Waals surface area contributed by atoms with Gasteiger partial charge in [-0.15, -0.1) is 0 Å². The third kappa shape index (κ3) is 4.17. The van der Waals surface area contributed by atoms with Crippen molar-refractivity contribution in [3.05, 3.63) is 29.8 Å². The van der Waals surface area contributed by atoms with Crippen LogP contribution in [0.25, 0.3) is 0 Å². The van der Waals surface area contributed by atoms with Crippen LogP contribution >= 0.6 is 0 Å². The summed E-state index contributed by atoms with van der Waals surface area (Å²) in [5, 5.41) is 0. The third-order valence-electron chi connectivity index (χ3n) is 3.53. The number of carbonyl (C=O) groups excluding carboxylic acids is 1. The second-order valence-electron chi connectivity index (χ2n) is 5.13. The summed E-state index contributed by atoms with van der Waals surface area (Å²) >= 11 is 0. The van der Waals surface area contributed by atoms with Gasteiger partial charge in [0.25, 0.3) is 0 Å². The Hall–Kier alpha value is -1.74. The molecule has 1 saturated heterocycles. The average Bonchev–Trinajstić information content (AvgIpc) is 2.47. The van der Waals surface area contributed by atoms with Crippen LogP contribution in [0.2, 0.25) is 0 Å². The molecule has 6 nitrogen and oxygen atoms in total. The van der Waals surface area contributed by atoms with Crippen LogP contribution in [-0.4, -0.2) is 45.1 Å². The van der Waals surface area contributed by atoms with E-state index in [1.54, 1.807) is 6.92 Å². The van der Waals surface area contributed by atoms with Gasteiger partial charge in [0.2, 0.25) is 10.0 Å². The molecule has 0 saturated carbocycles. The van der Waals surface area contributed by atoms with Gasteiger partial charge in [0.1, 0.15) is 11.6 Å². The summed E-state index contributed by atoms with van der Waals surface area (Å²) in [6.07, 6.45) is 0.233. The molecule has 1 aromatic carbocycles.